The number of carbonyl (C=O) groups is 1. The number of nitrogens with one attached hydrogen (secondary N) is 1. The summed E-state index contributed by atoms with van der Waals surface area (Å²) in [6, 6.07) is 13.0. The number of anilines is 1. The molecule has 52 heavy (non-hydrogen) atoms. The molecule has 1 saturated heterocycles. The second kappa shape index (κ2) is 12.0. The Morgan fingerprint density at radius 1 is 1.10 bits per heavy atom. The van der Waals surface area contributed by atoms with Crippen LogP contribution in [0.5, 0.6) is 11.5 Å². The zero-order valence-corrected chi connectivity index (χ0v) is 29.9. The monoisotopic (exact) mass is 734 g/mol. The van der Waals surface area contributed by atoms with E-state index in [4.69, 9.17) is 35.5 Å². The number of benzene rings is 2. The minimum Gasteiger partial charge on any atom is -0.493 e. The Kier molecular flexibility index (Phi) is 7.30. The number of hydrogen-bond donors (Lipinski definition) is 1. The summed E-state index contributed by atoms with van der Waals surface area (Å²) < 4.78 is 33.2. The second-order valence-electron chi connectivity index (χ2n) is 13.8. The van der Waals surface area contributed by atoms with E-state index in [0.29, 0.717) is 59.7 Å². The van der Waals surface area contributed by atoms with Crippen molar-refractivity contribution in [1.29, 1.82) is 0 Å². The molecule has 3 aliphatic heterocycles. The number of ether oxygens (including phenoxy) is 2. The first kappa shape index (κ1) is 31.6. The normalized spacial score (nSPS) is 19.9. The van der Waals surface area contributed by atoms with Crippen molar-refractivity contribution in [3.05, 3.63) is 99.0 Å². The molecule has 1 fully saturated rings. The molecule has 7 heterocycles. The molecule has 262 valence electrons. The first-order valence-electron chi connectivity index (χ1n) is 17.5. The lowest BCUT2D eigenvalue weighted by molar-refractivity contribution is 0.0776. The van der Waals surface area contributed by atoms with Crippen LogP contribution in [0.15, 0.2) is 53.1 Å². The first-order chi connectivity index (χ1) is 25.4. The minimum absolute atomic E-state index is 0.00835. The smallest absolute Gasteiger partial charge is 0.257 e. The average molecular weight is 735 g/mol. The third-order valence-electron chi connectivity index (χ3n) is 10.9. The van der Waals surface area contributed by atoms with Gasteiger partial charge >= 0.3 is 0 Å². The van der Waals surface area contributed by atoms with E-state index in [2.05, 4.69) is 21.6 Å². The number of methoxy groups -OCH3 is 1. The highest BCUT2D eigenvalue weighted by Crippen LogP contribution is 2.51. The molecule has 3 atom stereocenters. The summed E-state index contributed by atoms with van der Waals surface area (Å²) in [5.41, 5.74) is 6.58. The number of aryl methyl sites for hydroxylation is 1. The van der Waals surface area contributed by atoms with Crippen LogP contribution < -0.4 is 14.8 Å². The fraction of sp³-hybridized carbons (Fsp3) is 0.308. The fourth-order valence-corrected chi connectivity index (χ4v) is 9.92. The molecule has 0 saturated carbocycles. The number of fused-ring (bicyclic) bond motifs is 6. The summed E-state index contributed by atoms with van der Waals surface area (Å²) in [6.07, 6.45) is 5.60. The van der Waals surface area contributed by atoms with E-state index < -0.39 is 0 Å². The molecule has 0 radical (unpaired) electrons. The van der Waals surface area contributed by atoms with Crippen LogP contribution in [-0.4, -0.2) is 51.2 Å². The number of amides is 1. The lowest BCUT2D eigenvalue weighted by Gasteiger charge is -2.18. The van der Waals surface area contributed by atoms with Crippen molar-refractivity contribution in [2.75, 3.05) is 25.6 Å². The lowest BCUT2D eigenvalue weighted by Crippen LogP contribution is -2.22. The second-order valence-corrected chi connectivity index (χ2v) is 15.3. The van der Waals surface area contributed by atoms with Crippen LogP contribution in [0.3, 0.4) is 0 Å². The SMILES string of the molecule is COc1c(F)ccc2c1CC[C@H]2Nc1nccc2cc(-c3c4c(nc(C[C@@H]5COc6cc(Cl)ccc65)c3-c3nnc(C)o3)C3CCCN3C4=O)sc12. The maximum atomic E-state index is 14.5. The van der Waals surface area contributed by atoms with Gasteiger partial charge in [0, 0.05) is 58.6 Å². The van der Waals surface area contributed by atoms with Gasteiger partial charge in [0.15, 0.2) is 11.6 Å². The van der Waals surface area contributed by atoms with E-state index in [-0.39, 0.29) is 29.7 Å². The van der Waals surface area contributed by atoms with E-state index in [9.17, 15) is 9.18 Å². The lowest BCUT2D eigenvalue weighted by atomic mass is 9.89. The zero-order chi connectivity index (χ0) is 35.2. The predicted molar refractivity (Wildman–Crippen MR) is 195 cm³/mol. The van der Waals surface area contributed by atoms with Crippen LogP contribution in [0.25, 0.3) is 32.0 Å². The summed E-state index contributed by atoms with van der Waals surface area (Å²) in [6.45, 7) is 2.93. The van der Waals surface area contributed by atoms with Gasteiger partial charge in [-0.05, 0) is 67.0 Å². The van der Waals surface area contributed by atoms with Gasteiger partial charge in [0.2, 0.25) is 11.8 Å². The number of thiophene rings is 1. The quantitative estimate of drug-likeness (QED) is 0.172. The Bertz CT molecular complexity index is 2470. The van der Waals surface area contributed by atoms with Crippen molar-refractivity contribution in [3.8, 4) is 33.4 Å². The number of rotatable bonds is 7. The highest BCUT2D eigenvalue weighted by atomic mass is 35.5. The van der Waals surface area contributed by atoms with Crippen molar-refractivity contribution < 1.29 is 23.1 Å². The third kappa shape index (κ3) is 4.83. The summed E-state index contributed by atoms with van der Waals surface area (Å²) in [7, 11) is 1.51. The molecule has 0 spiro atoms. The summed E-state index contributed by atoms with van der Waals surface area (Å²) >= 11 is 7.87. The van der Waals surface area contributed by atoms with E-state index in [1.807, 2.05) is 35.2 Å². The Hall–Kier alpha value is -5.07. The standard InChI is InChI=1S/C39H32ClFN6O4S/c1-18-45-46-38(51-18)31-27(14-20-17-50-29-16-21(40)5-6-22(20)29)43-34-28-4-3-13-47(28)39(48)33(34)32(31)30-15-19-11-12-42-37(36(19)52-30)44-26-10-8-24-23(26)7-9-25(41)35(24)49-2/h5-7,9,11-12,15-16,20,26,28H,3-4,8,10,13-14,17H2,1-2H3,(H,42,44)/t20-,26-,28?/m1/s1. The number of aromatic nitrogens is 4. The number of hydrogen-bond acceptors (Lipinski definition) is 10. The fourth-order valence-electron chi connectivity index (χ4n) is 8.59. The van der Waals surface area contributed by atoms with Crippen molar-refractivity contribution in [1.82, 2.24) is 25.1 Å². The largest absolute Gasteiger partial charge is 0.493 e. The van der Waals surface area contributed by atoms with Crippen LogP contribution in [0.4, 0.5) is 10.2 Å². The summed E-state index contributed by atoms with van der Waals surface area (Å²) in [4.78, 5) is 27.3. The van der Waals surface area contributed by atoms with Gasteiger partial charge in [-0.25, -0.2) is 9.37 Å². The molecule has 4 aromatic heterocycles. The minimum atomic E-state index is -0.356. The van der Waals surface area contributed by atoms with Crippen molar-refractivity contribution in [3.63, 3.8) is 0 Å². The Morgan fingerprint density at radius 3 is 2.83 bits per heavy atom. The van der Waals surface area contributed by atoms with Gasteiger partial charge in [-0.15, -0.1) is 21.5 Å². The molecule has 4 aliphatic rings. The topological polar surface area (TPSA) is 116 Å². The molecule has 10 nitrogen and oxygen atoms in total. The van der Waals surface area contributed by atoms with Crippen molar-refractivity contribution in [2.45, 2.75) is 57.0 Å². The van der Waals surface area contributed by atoms with Crippen LogP contribution in [0, 0.1) is 12.7 Å². The van der Waals surface area contributed by atoms with E-state index in [1.165, 1.54) is 13.2 Å². The first-order valence-corrected chi connectivity index (χ1v) is 18.7. The van der Waals surface area contributed by atoms with Gasteiger partial charge in [-0.2, -0.15) is 0 Å². The van der Waals surface area contributed by atoms with E-state index in [0.717, 1.165) is 79.4 Å². The third-order valence-corrected chi connectivity index (χ3v) is 12.3. The molecule has 13 heteroatoms. The number of carbonyl (C=O) groups excluding carboxylic acids is 1. The van der Waals surface area contributed by atoms with E-state index in [1.54, 1.807) is 24.5 Å². The predicted octanol–water partition coefficient (Wildman–Crippen LogP) is 8.63. The zero-order valence-electron chi connectivity index (χ0n) is 28.3. The number of halogens is 2. The van der Waals surface area contributed by atoms with Gasteiger partial charge < -0.3 is 24.1 Å². The van der Waals surface area contributed by atoms with Crippen molar-refractivity contribution >= 4 is 44.7 Å². The number of pyridine rings is 2. The van der Waals surface area contributed by atoms with Crippen LogP contribution in [0.2, 0.25) is 5.02 Å². The average Bonchev–Trinajstić information content (AvgIpc) is 3.99. The Morgan fingerprint density at radius 2 is 1.98 bits per heavy atom. The molecular formula is C39H32ClFN6O4S. The molecule has 10 rings (SSSR count). The molecule has 6 aromatic rings. The summed E-state index contributed by atoms with van der Waals surface area (Å²) in [5, 5.41) is 14.0. The van der Waals surface area contributed by atoms with Gasteiger partial charge in [-0.3, -0.25) is 9.78 Å². The van der Waals surface area contributed by atoms with E-state index >= 15 is 0 Å². The highest BCUT2D eigenvalue weighted by Gasteiger charge is 2.45. The Labute approximate surface area is 307 Å². The van der Waals surface area contributed by atoms with Gasteiger partial charge in [0.05, 0.1) is 53.0 Å². The highest BCUT2D eigenvalue weighted by molar-refractivity contribution is 7.23. The summed E-state index contributed by atoms with van der Waals surface area (Å²) in [5.74, 6) is 2.18. The van der Waals surface area contributed by atoms with Crippen LogP contribution in [-0.2, 0) is 12.8 Å². The van der Waals surface area contributed by atoms with Gasteiger partial charge in [0.1, 0.15) is 11.6 Å². The van der Waals surface area contributed by atoms with Crippen LogP contribution in [0.1, 0.15) is 81.6 Å². The molecule has 1 aliphatic carbocycles. The molecule has 1 unspecified atom stereocenters. The van der Waals surface area contributed by atoms with Crippen molar-refractivity contribution in [2.24, 2.45) is 0 Å². The maximum absolute atomic E-state index is 14.5. The van der Waals surface area contributed by atoms with Gasteiger partial charge in [-0.1, -0.05) is 23.7 Å². The van der Waals surface area contributed by atoms with Crippen LogP contribution >= 0.6 is 22.9 Å². The molecule has 1 amide bonds. The number of nitrogens with zero attached hydrogens (tertiary/aromatic N) is 5. The van der Waals surface area contributed by atoms with Gasteiger partial charge in [0.25, 0.3) is 5.91 Å². The molecular weight excluding hydrogens is 703 g/mol. The molecule has 0 bridgehead atoms. The Balaban J connectivity index is 1.14. The molecule has 2 aromatic carbocycles. The molecule has 1 N–H and O–H groups in total. The maximum Gasteiger partial charge on any atom is 0.257 e.